The molecular weight excluding hydrogens is 399 g/mol. The van der Waals surface area contributed by atoms with Crippen molar-refractivity contribution in [1.82, 2.24) is 4.57 Å². The van der Waals surface area contributed by atoms with E-state index in [1.54, 1.807) is 6.07 Å². The predicted octanol–water partition coefficient (Wildman–Crippen LogP) is 5.06. The Morgan fingerprint density at radius 3 is 2.63 bits per heavy atom. The van der Waals surface area contributed by atoms with Gasteiger partial charge in [0.15, 0.2) is 5.75 Å². The van der Waals surface area contributed by atoms with Gasteiger partial charge < -0.3 is 10.3 Å². The Bertz CT molecular complexity index is 1070. The number of carbonyl (C=O) groups is 1. The molecule has 3 aromatic rings. The number of fused-ring (bicyclic) bond motifs is 1. The number of primary amides is 1. The number of benzene rings is 2. The molecule has 0 spiro atoms. The average Bonchev–Trinajstić information content (AvgIpc) is 3.52. The fourth-order valence-corrected chi connectivity index (χ4v) is 4.55. The van der Waals surface area contributed by atoms with Crippen molar-refractivity contribution in [3.05, 3.63) is 65.4 Å². The Balaban J connectivity index is 1.78. The van der Waals surface area contributed by atoms with Crippen LogP contribution in [0.5, 0.6) is 5.75 Å². The molecule has 1 unspecified atom stereocenters. The number of hydrogen-bond donors (Lipinski definition) is 1. The molecule has 1 aromatic heterocycles. The molecule has 0 saturated heterocycles. The van der Waals surface area contributed by atoms with Crippen LogP contribution >= 0.6 is 8.25 Å². The van der Waals surface area contributed by atoms with Gasteiger partial charge in [0.2, 0.25) is 5.91 Å². The molecule has 1 amide bonds. The molecule has 6 nitrogen and oxygen atoms in total. The average molecular weight is 425 g/mol. The third-order valence-corrected chi connectivity index (χ3v) is 6.02. The second-order valence-corrected chi connectivity index (χ2v) is 8.57. The van der Waals surface area contributed by atoms with Gasteiger partial charge >= 0.3 is 8.25 Å². The van der Waals surface area contributed by atoms with Crippen LogP contribution in [0.25, 0.3) is 10.9 Å². The van der Waals surface area contributed by atoms with Crippen LogP contribution in [0.3, 0.4) is 0 Å². The van der Waals surface area contributed by atoms with Crippen LogP contribution in [0.1, 0.15) is 48.9 Å². The van der Waals surface area contributed by atoms with Crippen LogP contribution in [0.15, 0.2) is 48.5 Å². The molecule has 0 aliphatic heterocycles. The highest BCUT2D eigenvalue weighted by Gasteiger charge is 2.33. The van der Waals surface area contributed by atoms with E-state index in [0.717, 1.165) is 42.3 Å². The van der Waals surface area contributed by atoms with E-state index in [1.807, 2.05) is 37.3 Å². The summed E-state index contributed by atoms with van der Waals surface area (Å²) in [7, 11) is -2.23. The van der Waals surface area contributed by atoms with Gasteiger partial charge in [0.25, 0.3) is 0 Å². The van der Waals surface area contributed by atoms with E-state index >= 15 is 0 Å². The van der Waals surface area contributed by atoms with Crippen LogP contribution in [-0.2, 0) is 26.8 Å². The Labute approximate surface area is 176 Å². The summed E-state index contributed by atoms with van der Waals surface area (Å²) in [5.74, 6) is 0.535. The standard InChI is InChI=1S/C23H25N2O4P/c1-2-12-28-30(27)29-18-10-11-21-19(13-18)20(14-22(24)26)23(17-8-9-17)25(21)15-16-6-4-3-5-7-16/h3-7,10-11,13,17H,2,8-9,12,14-15H2,1H3,(H-,24,26)/p+1. The molecule has 2 N–H and O–H groups in total. The summed E-state index contributed by atoms with van der Waals surface area (Å²) >= 11 is 0. The number of amides is 1. The quantitative estimate of drug-likeness (QED) is 0.460. The SMILES string of the molecule is CCCO[P+](=O)Oc1ccc2c(c1)c(CC(N)=O)c(C1CC1)n2Cc1ccccc1. The zero-order valence-electron chi connectivity index (χ0n) is 17.0. The summed E-state index contributed by atoms with van der Waals surface area (Å²) in [6.07, 6.45) is 3.15. The second-order valence-electron chi connectivity index (χ2n) is 7.68. The van der Waals surface area contributed by atoms with E-state index in [-0.39, 0.29) is 12.3 Å². The van der Waals surface area contributed by atoms with Gasteiger partial charge in [-0.25, -0.2) is 4.52 Å². The van der Waals surface area contributed by atoms with E-state index in [4.69, 9.17) is 14.8 Å². The van der Waals surface area contributed by atoms with Crippen molar-refractivity contribution in [3.63, 3.8) is 0 Å². The molecule has 1 atom stereocenters. The van der Waals surface area contributed by atoms with Gasteiger partial charge in [0, 0.05) is 27.7 Å². The van der Waals surface area contributed by atoms with Crippen molar-refractivity contribution < 1.29 is 18.4 Å². The highest BCUT2D eigenvalue weighted by Crippen LogP contribution is 2.46. The molecule has 1 heterocycles. The van der Waals surface area contributed by atoms with E-state index < -0.39 is 8.25 Å². The maximum absolute atomic E-state index is 12.0. The molecule has 1 aliphatic carbocycles. The minimum atomic E-state index is -2.23. The molecule has 1 fully saturated rings. The molecule has 1 aliphatic rings. The number of rotatable bonds is 10. The van der Waals surface area contributed by atoms with Gasteiger partial charge in [-0.2, -0.15) is 0 Å². The first kappa shape index (κ1) is 20.6. The predicted molar refractivity (Wildman–Crippen MR) is 117 cm³/mol. The summed E-state index contributed by atoms with van der Waals surface area (Å²) < 4.78 is 25.0. The Kier molecular flexibility index (Phi) is 6.16. The molecule has 4 rings (SSSR count). The molecule has 0 radical (unpaired) electrons. The molecule has 7 heteroatoms. The van der Waals surface area contributed by atoms with Gasteiger partial charge in [0.1, 0.15) is 6.61 Å². The van der Waals surface area contributed by atoms with Gasteiger partial charge in [-0.05, 0) is 54.5 Å². The lowest BCUT2D eigenvalue weighted by molar-refractivity contribution is -0.117. The highest BCUT2D eigenvalue weighted by atomic mass is 31.1. The third-order valence-electron chi connectivity index (χ3n) is 5.26. The number of nitrogens with zero attached hydrogens (tertiary/aromatic N) is 1. The van der Waals surface area contributed by atoms with Crippen LogP contribution in [0, 0.1) is 0 Å². The second kappa shape index (κ2) is 8.99. The van der Waals surface area contributed by atoms with Crippen molar-refractivity contribution >= 4 is 25.1 Å². The fourth-order valence-electron chi connectivity index (χ4n) is 3.88. The first-order valence-corrected chi connectivity index (χ1v) is 11.4. The molecular formula is C23H26N2O4P+. The third kappa shape index (κ3) is 4.55. The molecule has 156 valence electrons. The zero-order chi connectivity index (χ0) is 21.1. The van der Waals surface area contributed by atoms with E-state index in [2.05, 4.69) is 16.7 Å². The normalized spacial score (nSPS) is 14.1. The smallest absolute Gasteiger partial charge is 0.369 e. The number of aromatic nitrogens is 1. The van der Waals surface area contributed by atoms with Gasteiger partial charge in [-0.15, -0.1) is 4.52 Å². The minimum absolute atomic E-state index is 0.173. The Morgan fingerprint density at radius 1 is 1.20 bits per heavy atom. The summed E-state index contributed by atoms with van der Waals surface area (Å²) in [5.41, 5.74) is 9.94. The maximum Gasteiger partial charge on any atom is 0.750 e. The summed E-state index contributed by atoms with van der Waals surface area (Å²) in [4.78, 5) is 11.9. The van der Waals surface area contributed by atoms with E-state index in [9.17, 15) is 9.36 Å². The fraction of sp³-hybridized carbons (Fsp3) is 0.348. The summed E-state index contributed by atoms with van der Waals surface area (Å²) in [5, 5.41) is 0.919. The number of nitrogens with two attached hydrogens (primary N) is 1. The van der Waals surface area contributed by atoms with Crippen LogP contribution in [-0.4, -0.2) is 17.1 Å². The van der Waals surface area contributed by atoms with Gasteiger partial charge in [-0.3, -0.25) is 4.79 Å². The topological polar surface area (TPSA) is 83.6 Å². The van der Waals surface area contributed by atoms with Crippen molar-refractivity contribution in [2.45, 2.75) is 45.1 Å². The first-order chi connectivity index (χ1) is 14.6. The highest BCUT2D eigenvalue weighted by molar-refractivity contribution is 7.33. The van der Waals surface area contributed by atoms with Crippen molar-refractivity contribution in [2.75, 3.05) is 6.61 Å². The van der Waals surface area contributed by atoms with Crippen LogP contribution in [0.4, 0.5) is 0 Å². The number of hydrogen-bond acceptors (Lipinski definition) is 4. The lowest BCUT2D eigenvalue weighted by Crippen LogP contribution is -2.15. The van der Waals surface area contributed by atoms with Crippen molar-refractivity contribution in [3.8, 4) is 5.75 Å². The molecule has 2 aromatic carbocycles. The lowest BCUT2D eigenvalue weighted by atomic mass is 10.0. The van der Waals surface area contributed by atoms with E-state index in [1.165, 1.54) is 11.3 Å². The van der Waals surface area contributed by atoms with Gasteiger partial charge in [0.05, 0.1) is 6.42 Å². The van der Waals surface area contributed by atoms with E-state index in [0.29, 0.717) is 18.3 Å². The van der Waals surface area contributed by atoms with Gasteiger partial charge in [-0.1, -0.05) is 37.3 Å². The molecule has 30 heavy (non-hydrogen) atoms. The largest absolute Gasteiger partial charge is 0.750 e. The summed E-state index contributed by atoms with van der Waals surface area (Å²) in [6.45, 7) is 3.04. The summed E-state index contributed by atoms with van der Waals surface area (Å²) in [6, 6.07) is 15.9. The Hall–Kier alpha value is -2.69. The van der Waals surface area contributed by atoms with Crippen LogP contribution in [0.2, 0.25) is 0 Å². The first-order valence-electron chi connectivity index (χ1n) is 10.3. The molecule has 0 bridgehead atoms. The van der Waals surface area contributed by atoms with Crippen molar-refractivity contribution in [2.24, 2.45) is 5.73 Å². The van der Waals surface area contributed by atoms with Crippen LogP contribution < -0.4 is 10.3 Å². The molecule has 1 saturated carbocycles. The minimum Gasteiger partial charge on any atom is -0.369 e. The zero-order valence-corrected chi connectivity index (χ0v) is 17.9. The number of carbonyl (C=O) groups excluding carboxylic acids is 1. The van der Waals surface area contributed by atoms with Crippen molar-refractivity contribution in [1.29, 1.82) is 0 Å². The maximum atomic E-state index is 12.0. The lowest BCUT2D eigenvalue weighted by Gasteiger charge is -2.12. The monoisotopic (exact) mass is 425 g/mol. The Morgan fingerprint density at radius 2 is 1.97 bits per heavy atom.